The van der Waals surface area contributed by atoms with Crippen LogP contribution in [0.1, 0.15) is 10.6 Å². The van der Waals surface area contributed by atoms with Gasteiger partial charge < -0.3 is 4.57 Å². The molecule has 0 fully saturated rings. The van der Waals surface area contributed by atoms with Crippen molar-refractivity contribution in [1.82, 2.24) is 9.47 Å². The predicted octanol–water partition coefficient (Wildman–Crippen LogP) is 2.72. The van der Waals surface area contributed by atoms with Crippen molar-refractivity contribution in [1.29, 1.82) is 0 Å². The monoisotopic (exact) mass is 220 g/mol. The van der Waals surface area contributed by atoms with E-state index >= 15 is 0 Å². The lowest BCUT2D eigenvalue weighted by Gasteiger charge is -2.15. The van der Waals surface area contributed by atoms with E-state index in [1.807, 2.05) is 11.3 Å². The third kappa shape index (κ3) is 2.70. The highest BCUT2D eigenvalue weighted by molar-refractivity contribution is 7.09. The van der Waals surface area contributed by atoms with Crippen molar-refractivity contribution in [3.8, 4) is 0 Å². The maximum Gasteiger partial charge on any atom is 0.0387 e. The van der Waals surface area contributed by atoms with Gasteiger partial charge in [-0.05, 0) is 30.6 Å². The highest BCUT2D eigenvalue weighted by Gasteiger charge is 2.04. The molecule has 2 rings (SSSR count). The minimum atomic E-state index is 1.00. The van der Waals surface area contributed by atoms with Crippen molar-refractivity contribution in [2.45, 2.75) is 13.1 Å². The minimum absolute atomic E-state index is 1.00. The fourth-order valence-corrected chi connectivity index (χ4v) is 2.45. The zero-order chi connectivity index (χ0) is 10.7. The van der Waals surface area contributed by atoms with E-state index in [4.69, 9.17) is 0 Å². The lowest BCUT2D eigenvalue weighted by molar-refractivity contribution is 0.314. The molecule has 0 aliphatic carbocycles. The van der Waals surface area contributed by atoms with E-state index < -0.39 is 0 Å². The first-order chi connectivity index (χ1) is 7.25. The van der Waals surface area contributed by atoms with Crippen LogP contribution in [-0.4, -0.2) is 16.5 Å². The van der Waals surface area contributed by atoms with Crippen LogP contribution in [0.25, 0.3) is 0 Å². The summed E-state index contributed by atoms with van der Waals surface area (Å²) >= 11 is 1.82. The van der Waals surface area contributed by atoms with Crippen molar-refractivity contribution in [3.05, 3.63) is 46.4 Å². The SMILES string of the molecule is CN(Cc1cccs1)Cc1cccn1C. The van der Waals surface area contributed by atoms with Crippen LogP contribution in [0.15, 0.2) is 35.8 Å². The van der Waals surface area contributed by atoms with E-state index in [-0.39, 0.29) is 0 Å². The number of rotatable bonds is 4. The summed E-state index contributed by atoms with van der Waals surface area (Å²) in [7, 11) is 4.25. The Labute approximate surface area is 94.8 Å². The Morgan fingerprint density at radius 3 is 2.73 bits per heavy atom. The summed E-state index contributed by atoms with van der Waals surface area (Å²) in [6, 6.07) is 8.56. The van der Waals surface area contributed by atoms with Crippen molar-refractivity contribution in [2.24, 2.45) is 7.05 Å². The maximum atomic E-state index is 2.33. The molecule has 2 nitrogen and oxygen atoms in total. The Morgan fingerprint density at radius 2 is 2.13 bits per heavy atom. The van der Waals surface area contributed by atoms with Gasteiger partial charge in [0.15, 0.2) is 0 Å². The van der Waals surface area contributed by atoms with Crippen LogP contribution in [0.4, 0.5) is 0 Å². The number of hydrogen-bond acceptors (Lipinski definition) is 2. The van der Waals surface area contributed by atoms with Gasteiger partial charge in [-0.3, -0.25) is 4.90 Å². The first-order valence-corrected chi connectivity index (χ1v) is 5.95. The molecule has 2 aromatic heterocycles. The van der Waals surface area contributed by atoms with E-state index in [9.17, 15) is 0 Å². The molecule has 0 saturated carbocycles. The Bertz CT molecular complexity index is 403. The second-order valence-electron chi connectivity index (χ2n) is 3.86. The fraction of sp³-hybridized carbons (Fsp3) is 0.333. The average molecular weight is 220 g/mol. The van der Waals surface area contributed by atoms with Crippen LogP contribution in [0.5, 0.6) is 0 Å². The van der Waals surface area contributed by atoms with Gasteiger partial charge in [0, 0.05) is 36.9 Å². The second-order valence-corrected chi connectivity index (χ2v) is 4.89. The van der Waals surface area contributed by atoms with Gasteiger partial charge in [0.25, 0.3) is 0 Å². The van der Waals surface area contributed by atoms with E-state index in [1.165, 1.54) is 10.6 Å². The largest absolute Gasteiger partial charge is 0.353 e. The molecule has 0 aliphatic heterocycles. The average Bonchev–Trinajstić information content (AvgIpc) is 2.79. The van der Waals surface area contributed by atoms with Gasteiger partial charge in [-0.2, -0.15) is 0 Å². The summed E-state index contributed by atoms with van der Waals surface area (Å²) in [6.07, 6.45) is 2.09. The van der Waals surface area contributed by atoms with Gasteiger partial charge in [-0.25, -0.2) is 0 Å². The number of nitrogens with zero attached hydrogens (tertiary/aromatic N) is 2. The summed E-state index contributed by atoms with van der Waals surface area (Å²) in [5.74, 6) is 0. The quantitative estimate of drug-likeness (QED) is 0.769. The van der Waals surface area contributed by atoms with Crippen LogP contribution >= 0.6 is 11.3 Å². The van der Waals surface area contributed by atoms with Crippen LogP contribution in [-0.2, 0) is 20.1 Å². The molecular weight excluding hydrogens is 204 g/mol. The summed E-state index contributed by atoms with van der Waals surface area (Å²) in [5, 5.41) is 2.13. The molecule has 0 unspecified atom stereocenters. The van der Waals surface area contributed by atoms with Crippen LogP contribution < -0.4 is 0 Å². The van der Waals surface area contributed by atoms with E-state index in [0.29, 0.717) is 0 Å². The zero-order valence-corrected chi connectivity index (χ0v) is 10.00. The van der Waals surface area contributed by atoms with Crippen molar-refractivity contribution < 1.29 is 0 Å². The summed E-state index contributed by atoms with van der Waals surface area (Å²) in [5.41, 5.74) is 1.36. The molecule has 15 heavy (non-hydrogen) atoms. The Morgan fingerprint density at radius 1 is 1.27 bits per heavy atom. The second kappa shape index (κ2) is 4.64. The Balaban J connectivity index is 1.93. The van der Waals surface area contributed by atoms with E-state index in [1.54, 1.807) is 0 Å². The first kappa shape index (κ1) is 10.5. The highest BCUT2D eigenvalue weighted by Crippen LogP contribution is 2.12. The van der Waals surface area contributed by atoms with Crippen molar-refractivity contribution in [3.63, 3.8) is 0 Å². The molecule has 0 amide bonds. The van der Waals surface area contributed by atoms with Crippen LogP contribution in [0.3, 0.4) is 0 Å². The lowest BCUT2D eigenvalue weighted by Crippen LogP contribution is -2.18. The van der Waals surface area contributed by atoms with Crippen LogP contribution in [0, 0.1) is 0 Å². The molecule has 0 N–H and O–H groups in total. The number of aryl methyl sites for hydroxylation is 1. The molecule has 0 spiro atoms. The number of hydrogen-bond donors (Lipinski definition) is 0. The number of thiophene rings is 1. The summed E-state index contributed by atoms with van der Waals surface area (Å²) < 4.78 is 2.17. The minimum Gasteiger partial charge on any atom is -0.353 e. The fourth-order valence-electron chi connectivity index (χ4n) is 1.66. The summed E-state index contributed by atoms with van der Waals surface area (Å²) in [6.45, 7) is 2.03. The van der Waals surface area contributed by atoms with Crippen LogP contribution in [0.2, 0.25) is 0 Å². The molecule has 0 aromatic carbocycles. The third-order valence-corrected chi connectivity index (χ3v) is 3.35. The van der Waals surface area contributed by atoms with E-state index in [2.05, 4.69) is 59.4 Å². The molecule has 3 heteroatoms. The van der Waals surface area contributed by atoms with E-state index in [0.717, 1.165) is 13.1 Å². The summed E-state index contributed by atoms with van der Waals surface area (Å²) in [4.78, 5) is 3.76. The molecule has 2 aromatic rings. The lowest BCUT2D eigenvalue weighted by atomic mass is 10.3. The van der Waals surface area contributed by atoms with Gasteiger partial charge in [0.05, 0.1) is 0 Å². The molecule has 0 saturated heterocycles. The first-order valence-electron chi connectivity index (χ1n) is 5.07. The molecule has 80 valence electrons. The molecule has 0 bridgehead atoms. The van der Waals surface area contributed by atoms with Gasteiger partial charge in [-0.15, -0.1) is 11.3 Å². The third-order valence-electron chi connectivity index (χ3n) is 2.49. The molecular formula is C12H16N2S. The topological polar surface area (TPSA) is 8.17 Å². The van der Waals surface area contributed by atoms with Crippen molar-refractivity contribution >= 4 is 11.3 Å². The van der Waals surface area contributed by atoms with Gasteiger partial charge in [0.2, 0.25) is 0 Å². The van der Waals surface area contributed by atoms with Gasteiger partial charge in [-0.1, -0.05) is 6.07 Å². The molecule has 0 radical (unpaired) electrons. The Kier molecular flexibility index (Phi) is 3.23. The number of aromatic nitrogens is 1. The van der Waals surface area contributed by atoms with Crippen molar-refractivity contribution in [2.75, 3.05) is 7.05 Å². The smallest absolute Gasteiger partial charge is 0.0387 e. The molecule has 0 aliphatic rings. The standard InChI is InChI=1S/C12H16N2S/c1-13(10-12-6-4-8-15-12)9-11-5-3-7-14(11)2/h3-8H,9-10H2,1-2H3. The molecule has 0 atom stereocenters. The molecule has 2 heterocycles. The van der Waals surface area contributed by atoms with Gasteiger partial charge >= 0.3 is 0 Å². The highest BCUT2D eigenvalue weighted by atomic mass is 32.1. The predicted molar refractivity (Wildman–Crippen MR) is 64.9 cm³/mol. The Hall–Kier alpha value is -1.06. The zero-order valence-electron chi connectivity index (χ0n) is 9.18. The normalized spacial score (nSPS) is 11.1. The maximum absolute atomic E-state index is 2.33. The van der Waals surface area contributed by atoms with Gasteiger partial charge in [0.1, 0.15) is 0 Å².